The first-order valence-electron chi connectivity index (χ1n) is 6.12. The molecule has 0 aromatic carbocycles. The van der Waals surface area contributed by atoms with Gasteiger partial charge in [-0.15, -0.1) is 0 Å². The van der Waals surface area contributed by atoms with Gasteiger partial charge in [0.15, 0.2) is 0 Å². The highest BCUT2D eigenvalue weighted by atomic mass is 16.6. The summed E-state index contributed by atoms with van der Waals surface area (Å²) in [5, 5.41) is 6.25. The molecule has 1 rings (SSSR count). The van der Waals surface area contributed by atoms with Gasteiger partial charge in [0.05, 0.1) is 0 Å². The van der Waals surface area contributed by atoms with Crippen LogP contribution in [0.25, 0.3) is 0 Å². The average Bonchev–Trinajstić information content (AvgIpc) is 2.50. The SMILES string of the molecule is CCCC1CNCC1NC(=O)OC(C)(C)C. The van der Waals surface area contributed by atoms with Gasteiger partial charge in [0.25, 0.3) is 0 Å². The molecule has 94 valence electrons. The third-order valence-electron chi connectivity index (χ3n) is 2.70. The third kappa shape index (κ3) is 4.39. The van der Waals surface area contributed by atoms with Crippen molar-refractivity contribution in [1.29, 1.82) is 0 Å². The molecule has 0 spiro atoms. The molecule has 1 fully saturated rings. The molecule has 1 aliphatic rings. The summed E-state index contributed by atoms with van der Waals surface area (Å²) in [6.45, 7) is 9.65. The third-order valence-corrected chi connectivity index (χ3v) is 2.70. The number of alkyl carbamates (subject to hydrolysis) is 1. The van der Waals surface area contributed by atoms with Crippen molar-refractivity contribution >= 4 is 6.09 Å². The van der Waals surface area contributed by atoms with Crippen LogP contribution in [0.15, 0.2) is 0 Å². The molecular formula is C12H24N2O2. The Kier molecular flexibility index (Phi) is 4.59. The van der Waals surface area contributed by atoms with E-state index >= 15 is 0 Å². The summed E-state index contributed by atoms with van der Waals surface area (Å²) in [5.41, 5.74) is -0.420. The molecule has 0 bridgehead atoms. The summed E-state index contributed by atoms with van der Waals surface area (Å²) in [5.74, 6) is 0.539. The maximum absolute atomic E-state index is 11.6. The Balaban J connectivity index is 2.38. The molecule has 0 aliphatic carbocycles. The Bertz CT molecular complexity index is 236. The van der Waals surface area contributed by atoms with Crippen LogP contribution in [0.3, 0.4) is 0 Å². The fraction of sp³-hybridized carbons (Fsp3) is 0.917. The monoisotopic (exact) mass is 228 g/mol. The molecule has 4 heteroatoms. The van der Waals surface area contributed by atoms with Gasteiger partial charge < -0.3 is 15.4 Å². The minimum absolute atomic E-state index is 0.217. The highest BCUT2D eigenvalue weighted by molar-refractivity contribution is 5.68. The van der Waals surface area contributed by atoms with Crippen molar-refractivity contribution in [3.8, 4) is 0 Å². The molecule has 16 heavy (non-hydrogen) atoms. The molecule has 4 nitrogen and oxygen atoms in total. The topological polar surface area (TPSA) is 50.4 Å². The van der Waals surface area contributed by atoms with Gasteiger partial charge >= 0.3 is 6.09 Å². The number of hydrogen-bond acceptors (Lipinski definition) is 3. The van der Waals surface area contributed by atoms with Crippen molar-refractivity contribution in [2.75, 3.05) is 13.1 Å². The minimum atomic E-state index is -0.420. The predicted octanol–water partition coefficient (Wildman–Crippen LogP) is 1.90. The second-order valence-electron chi connectivity index (χ2n) is 5.46. The fourth-order valence-electron chi connectivity index (χ4n) is 2.04. The van der Waals surface area contributed by atoms with E-state index in [1.54, 1.807) is 0 Å². The quantitative estimate of drug-likeness (QED) is 0.775. The molecule has 2 N–H and O–H groups in total. The fourth-order valence-corrected chi connectivity index (χ4v) is 2.04. The van der Waals surface area contributed by atoms with Crippen LogP contribution in [0.1, 0.15) is 40.5 Å². The molecule has 0 aromatic heterocycles. The van der Waals surface area contributed by atoms with Crippen LogP contribution in [0.5, 0.6) is 0 Å². The van der Waals surface area contributed by atoms with Gasteiger partial charge in [-0.3, -0.25) is 0 Å². The number of amides is 1. The normalized spacial score (nSPS) is 25.5. The zero-order valence-electron chi connectivity index (χ0n) is 10.8. The van der Waals surface area contributed by atoms with Gasteiger partial charge in [0, 0.05) is 19.1 Å². The van der Waals surface area contributed by atoms with Crippen LogP contribution < -0.4 is 10.6 Å². The molecule has 1 saturated heterocycles. The van der Waals surface area contributed by atoms with Crippen LogP contribution in [0.4, 0.5) is 4.79 Å². The van der Waals surface area contributed by atoms with E-state index in [1.165, 1.54) is 0 Å². The Labute approximate surface area is 98.1 Å². The summed E-state index contributed by atoms with van der Waals surface area (Å²) in [6, 6.07) is 0.217. The van der Waals surface area contributed by atoms with Gasteiger partial charge in [-0.1, -0.05) is 13.3 Å². The zero-order valence-corrected chi connectivity index (χ0v) is 10.8. The lowest BCUT2D eigenvalue weighted by Crippen LogP contribution is -2.43. The van der Waals surface area contributed by atoms with Crippen LogP contribution in [0.2, 0.25) is 0 Å². The van der Waals surface area contributed by atoms with E-state index in [1.807, 2.05) is 20.8 Å². The van der Waals surface area contributed by atoms with Crippen LogP contribution in [0, 0.1) is 5.92 Å². The number of ether oxygens (including phenoxy) is 1. The highest BCUT2D eigenvalue weighted by Gasteiger charge is 2.29. The average molecular weight is 228 g/mol. The molecule has 1 amide bonds. The number of rotatable bonds is 3. The van der Waals surface area contributed by atoms with Gasteiger partial charge in [0.2, 0.25) is 0 Å². The highest BCUT2D eigenvalue weighted by Crippen LogP contribution is 2.16. The van der Waals surface area contributed by atoms with Gasteiger partial charge in [0.1, 0.15) is 5.60 Å². The molecular weight excluding hydrogens is 204 g/mol. The maximum atomic E-state index is 11.6. The van der Waals surface area contributed by atoms with Crippen LogP contribution >= 0.6 is 0 Å². The second-order valence-corrected chi connectivity index (χ2v) is 5.46. The number of carbonyl (C=O) groups is 1. The smallest absolute Gasteiger partial charge is 0.407 e. The lowest BCUT2D eigenvalue weighted by molar-refractivity contribution is 0.0496. The molecule has 2 unspecified atom stereocenters. The Morgan fingerprint density at radius 3 is 2.69 bits per heavy atom. The van der Waals surface area contributed by atoms with E-state index in [2.05, 4.69) is 17.6 Å². The van der Waals surface area contributed by atoms with E-state index in [0.717, 1.165) is 25.9 Å². The van der Waals surface area contributed by atoms with E-state index in [-0.39, 0.29) is 12.1 Å². The zero-order chi connectivity index (χ0) is 12.2. The molecule has 1 aliphatic heterocycles. The van der Waals surface area contributed by atoms with Crippen molar-refractivity contribution in [2.24, 2.45) is 5.92 Å². The summed E-state index contributed by atoms with van der Waals surface area (Å²) in [4.78, 5) is 11.6. The van der Waals surface area contributed by atoms with Gasteiger partial charge in [-0.05, 0) is 33.1 Å². The van der Waals surface area contributed by atoms with E-state index in [9.17, 15) is 4.79 Å². The lowest BCUT2D eigenvalue weighted by Gasteiger charge is -2.24. The minimum Gasteiger partial charge on any atom is -0.444 e. The van der Waals surface area contributed by atoms with Crippen molar-refractivity contribution in [2.45, 2.75) is 52.2 Å². The van der Waals surface area contributed by atoms with Crippen molar-refractivity contribution in [3.63, 3.8) is 0 Å². The second kappa shape index (κ2) is 5.53. The van der Waals surface area contributed by atoms with Gasteiger partial charge in [-0.25, -0.2) is 4.79 Å². The van der Waals surface area contributed by atoms with E-state index in [4.69, 9.17) is 4.74 Å². The molecule has 2 atom stereocenters. The summed E-state index contributed by atoms with van der Waals surface area (Å²) < 4.78 is 5.25. The van der Waals surface area contributed by atoms with Crippen LogP contribution in [-0.2, 0) is 4.74 Å². The molecule has 1 heterocycles. The summed E-state index contributed by atoms with van der Waals surface area (Å²) in [6.07, 6.45) is 1.99. The largest absolute Gasteiger partial charge is 0.444 e. The van der Waals surface area contributed by atoms with Gasteiger partial charge in [-0.2, -0.15) is 0 Å². The Morgan fingerprint density at radius 1 is 1.44 bits per heavy atom. The Morgan fingerprint density at radius 2 is 2.12 bits per heavy atom. The summed E-state index contributed by atoms with van der Waals surface area (Å²) >= 11 is 0. The number of hydrogen-bond donors (Lipinski definition) is 2. The first-order valence-corrected chi connectivity index (χ1v) is 6.12. The predicted molar refractivity (Wildman–Crippen MR) is 64.4 cm³/mol. The number of carbonyl (C=O) groups excluding carboxylic acids is 1. The number of nitrogens with one attached hydrogen (secondary N) is 2. The standard InChI is InChI=1S/C12H24N2O2/c1-5-6-9-7-13-8-10(9)14-11(15)16-12(2,3)4/h9-10,13H,5-8H2,1-4H3,(H,14,15). The molecule has 0 saturated carbocycles. The maximum Gasteiger partial charge on any atom is 0.407 e. The summed E-state index contributed by atoms with van der Waals surface area (Å²) in [7, 11) is 0. The van der Waals surface area contributed by atoms with Crippen molar-refractivity contribution in [3.05, 3.63) is 0 Å². The first kappa shape index (κ1) is 13.3. The molecule has 0 radical (unpaired) electrons. The lowest BCUT2D eigenvalue weighted by atomic mass is 9.98. The molecule has 0 aromatic rings. The van der Waals surface area contributed by atoms with E-state index < -0.39 is 5.60 Å². The van der Waals surface area contributed by atoms with Crippen molar-refractivity contribution in [1.82, 2.24) is 10.6 Å². The van der Waals surface area contributed by atoms with Crippen molar-refractivity contribution < 1.29 is 9.53 Å². The van der Waals surface area contributed by atoms with Crippen LogP contribution in [-0.4, -0.2) is 30.8 Å². The Hall–Kier alpha value is -0.770. The first-order chi connectivity index (χ1) is 7.42. The van der Waals surface area contributed by atoms with E-state index in [0.29, 0.717) is 5.92 Å².